The number of nitrogens with zero attached hydrogens (tertiary/aromatic N) is 5. The molecule has 0 saturated carbocycles. The van der Waals surface area contributed by atoms with Crippen LogP contribution in [0.1, 0.15) is 18.0 Å². The van der Waals surface area contributed by atoms with Gasteiger partial charge in [0.05, 0.1) is 6.04 Å². The number of nitrogens with two attached hydrogens (primary N) is 1. The third kappa shape index (κ3) is 3.67. The first-order chi connectivity index (χ1) is 11.1. The molecule has 0 radical (unpaired) electrons. The van der Waals surface area contributed by atoms with Gasteiger partial charge in [0.25, 0.3) is 0 Å². The molecule has 1 fully saturated rings. The van der Waals surface area contributed by atoms with E-state index in [0.29, 0.717) is 23.2 Å². The molecule has 9 heteroatoms. The second-order valence-electron chi connectivity index (χ2n) is 5.33. The predicted molar refractivity (Wildman–Crippen MR) is 89.3 cm³/mol. The molecule has 0 aromatic carbocycles. The minimum atomic E-state index is -0.199. The van der Waals surface area contributed by atoms with Gasteiger partial charge in [-0.1, -0.05) is 11.3 Å². The third-order valence-electron chi connectivity index (χ3n) is 3.76. The van der Waals surface area contributed by atoms with E-state index in [0.717, 1.165) is 18.8 Å². The molecule has 3 heterocycles. The van der Waals surface area contributed by atoms with Crippen molar-refractivity contribution in [1.82, 2.24) is 25.4 Å². The number of piperazine rings is 1. The van der Waals surface area contributed by atoms with Gasteiger partial charge in [0, 0.05) is 44.3 Å². The van der Waals surface area contributed by atoms with Crippen LogP contribution in [0.3, 0.4) is 0 Å². The molecule has 1 aliphatic heterocycles. The van der Waals surface area contributed by atoms with Crippen LogP contribution in [0.25, 0.3) is 0 Å². The molecule has 2 aromatic rings. The molecule has 0 aliphatic carbocycles. The first-order valence-electron chi connectivity index (χ1n) is 7.43. The molecule has 3 N–H and O–H groups in total. The minimum absolute atomic E-state index is 0.0827. The topological polar surface area (TPSA) is 100 Å². The Bertz CT molecular complexity index is 654. The lowest BCUT2D eigenvalue weighted by Crippen LogP contribution is -2.52. The van der Waals surface area contributed by atoms with Crippen LogP contribution >= 0.6 is 11.3 Å². The molecule has 1 aliphatic rings. The zero-order chi connectivity index (χ0) is 16.2. The second-order valence-corrected chi connectivity index (χ2v) is 6.37. The van der Waals surface area contributed by atoms with Gasteiger partial charge in [0.15, 0.2) is 0 Å². The Balaban J connectivity index is 1.52. The van der Waals surface area contributed by atoms with Gasteiger partial charge in [-0.25, -0.2) is 4.79 Å². The van der Waals surface area contributed by atoms with Crippen LogP contribution in [0.15, 0.2) is 24.5 Å². The fourth-order valence-electron chi connectivity index (χ4n) is 2.48. The van der Waals surface area contributed by atoms with E-state index in [1.54, 1.807) is 12.4 Å². The summed E-state index contributed by atoms with van der Waals surface area (Å²) < 4.78 is 0. The number of nitrogen functional groups attached to an aromatic ring is 1. The van der Waals surface area contributed by atoms with Crippen LogP contribution in [0, 0.1) is 0 Å². The molecule has 1 unspecified atom stereocenters. The van der Waals surface area contributed by atoms with Crippen molar-refractivity contribution in [2.45, 2.75) is 13.0 Å². The van der Waals surface area contributed by atoms with Gasteiger partial charge in [-0.2, -0.15) is 0 Å². The van der Waals surface area contributed by atoms with Gasteiger partial charge in [0.1, 0.15) is 5.01 Å². The third-order valence-corrected chi connectivity index (χ3v) is 4.70. The Labute approximate surface area is 138 Å². The Morgan fingerprint density at radius 1 is 1.26 bits per heavy atom. The summed E-state index contributed by atoms with van der Waals surface area (Å²) in [5.74, 6) is 0. The van der Waals surface area contributed by atoms with Crippen molar-refractivity contribution in [3.8, 4) is 0 Å². The normalized spacial score (nSPS) is 16.2. The summed E-state index contributed by atoms with van der Waals surface area (Å²) in [5, 5.41) is 11.8. The number of aromatic nitrogens is 3. The van der Waals surface area contributed by atoms with Crippen molar-refractivity contribution in [3.05, 3.63) is 29.5 Å². The monoisotopic (exact) mass is 333 g/mol. The SMILES string of the molecule is CC(NC(=O)N1CCN(c2ccncc2)CC1)c1nnc(N)s1. The maximum atomic E-state index is 12.3. The first-order valence-corrected chi connectivity index (χ1v) is 8.24. The Morgan fingerprint density at radius 3 is 2.57 bits per heavy atom. The summed E-state index contributed by atoms with van der Waals surface area (Å²) in [6.45, 7) is 4.85. The fourth-order valence-corrected chi connectivity index (χ4v) is 3.10. The molecule has 0 spiro atoms. The summed E-state index contributed by atoms with van der Waals surface area (Å²) >= 11 is 1.29. The minimum Gasteiger partial charge on any atom is -0.374 e. The molecular weight excluding hydrogens is 314 g/mol. The lowest BCUT2D eigenvalue weighted by Gasteiger charge is -2.36. The van der Waals surface area contributed by atoms with Crippen LogP contribution < -0.4 is 16.0 Å². The molecular formula is C14H19N7OS. The number of rotatable bonds is 3. The number of carbonyl (C=O) groups is 1. The maximum absolute atomic E-state index is 12.3. The summed E-state index contributed by atoms with van der Waals surface area (Å²) in [4.78, 5) is 20.4. The average Bonchev–Trinajstić information content (AvgIpc) is 3.02. The molecule has 3 rings (SSSR count). The zero-order valence-electron chi connectivity index (χ0n) is 12.8. The van der Waals surface area contributed by atoms with Crippen molar-refractivity contribution < 1.29 is 4.79 Å². The highest BCUT2D eigenvalue weighted by atomic mass is 32.1. The highest BCUT2D eigenvalue weighted by Crippen LogP contribution is 2.19. The first kappa shape index (κ1) is 15.5. The van der Waals surface area contributed by atoms with Gasteiger partial charge >= 0.3 is 6.03 Å². The van der Waals surface area contributed by atoms with Gasteiger partial charge < -0.3 is 20.9 Å². The van der Waals surface area contributed by atoms with Gasteiger partial charge in [-0.15, -0.1) is 10.2 Å². The lowest BCUT2D eigenvalue weighted by atomic mass is 10.2. The standard InChI is InChI=1S/C14H19N7OS/c1-10(12-18-19-13(15)23-12)17-14(22)21-8-6-20(7-9-21)11-2-4-16-5-3-11/h2-5,10H,6-9H2,1H3,(H2,15,19)(H,17,22). The van der Waals surface area contributed by atoms with Crippen LogP contribution in [0.4, 0.5) is 15.6 Å². The van der Waals surface area contributed by atoms with Crippen LogP contribution in [-0.2, 0) is 0 Å². The molecule has 8 nitrogen and oxygen atoms in total. The molecule has 1 saturated heterocycles. The van der Waals surface area contributed by atoms with E-state index < -0.39 is 0 Å². The van der Waals surface area contributed by atoms with Gasteiger partial charge in [-0.3, -0.25) is 4.98 Å². The highest BCUT2D eigenvalue weighted by Gasteiger charge is 2.23. The van der Waals surface area contributed by atoms with Crippen molar-refractivity contribution in [3.63, 3.8) is 0 Å². The Morgan fingerprint density at radius 2 is 1.96 bits per heavy atom. The number of urea groups is 1. The number of carbonyl (C=O) groups excluding carboxylic acids is 1. The van der Waals surface area contributed by atoms with E-state index in [-0.39, 0.29) is 12.1 Å². The van der Waals surface area contributed by atoms with Gasteiger partial charge in [-0.05, 0) is 19.1 Å². The predicted octanol–water partition coefficient (Wildman–Crippen LogP) is 1.11. The van der Waals surface area contributed by atoms with Crippen molar-refractivity contribution >= 4 is 28.2 Å². The average molecular weight is 333 g/mol. The van der Waals surface area contributed by atoms with Crippen LogP contribution in [-0.4, -0.2) is 52.3 Å². The Hall–Kier alpha value is -2.42. The lowest BCUT2D eigenvalue weighted by molar-refractivity contribution is 0.191. The molecule has 2 aromatic heterocycles. The summed E-state index contributed by atoms with van der Waals surface area (Å²) in [5.41, 5.74) is 6.71. The van der Waals surface area contributed by atoms with E-state index in [4.69, 9.17) is 5.73 Å². The maximum Gasteiger partial charge on any atom is 0.318 e. The van der Waals surface area contributed by atoms with E-state index in [1.165, 1.54) is 11.3 Å². The van der Waals surface area contributed by atoms with Crippen molar-refractivity contribution in [1.29, 1.82) is 0 Å². The van der Waals surface area contributed by atoms with E-state index in [1.807, 2.05) is 24.0 Å². The van der Waals surface area contributed by atoms with Crippen LogP contribution in [0.5, 0.6) is 0 Å². The van der Waals surface area contributed by atoms with E-state index in [9.17, 15) is 4.79 Å². The number of pyridine rings is 1. The Kier molecular flexibility index (Phi) is 4.56. The van der Waals surface area contributed by atoms with Crippen LogP contribution in [0.2, 0.25) is 0 Å². The summed E-state index contributed by atoms with van der Waals surface area (Å²) in [6, 6.07) is 3.69. The number of hydrogen-bond donors (Lipinski definition) is 2. The number of nitrogens with one attached hydrogen (secondary N) is 1. The molecule has 23 heavy (non-hydrogen) atoms. The number of anilines is 2. The highest BCUT2D eigenvalue weighted by molar-refractivity contribution is 7.15. The smallest absolute Gasteiger partial charge is 0.318 e. The van der Waals surface area contributed by atoms with Crippen molar-refractivity contribution in [2.75, 3.05) is 36.8 Å². The summed E-state index contributed by atoms with van der Waals surface area (Å²) in [7, 11) is 0. The van der Waals surface area contributed by atoms with E-state index in [2.05, 4.69) is 25.4 Å². The van der Waals surface area contributed by atoms with Crippen molar-refractivity contribution in [2.24, 2.45) is 0 Å². The summed E-state index contributed by atoms with van der Waals surface area (Å²) in [6.07, 6.45) is 3.56. The molecule has 122 valence electrons. The molecule has 1 atom stereocenters. The fraction of sp³-hybridized carbons (Fsp3) is 0.429. The van der Waals surface area contributed by atoms with Gasteiger partial charge in [0.2, 0.25) is 5.13 Å². The largest absolute Gasteiger partial charge is 0.374 e. The molecule has 2 amide bonds. The zero-order valence-corrected chi connectivity index (χ0v) is 13.7. The van der Waals surface area contributed by atoms with E-state index >= 15 is 0 Å². The number of amides is 2. The number of hydrogen-bond acceptors (Lipinski definition) is 7. The second kappa shape index (κ2) is 6.78. The molecule has 0 bridgehead atoms. The quantitative estimate of drug-likeness (QED) is 0.873.